The van der Waals surface area contributed by atoms with E-state index in [2.05, 4.69) is 4.85 Å². The fraction of sp³-hybridized carbons (Fsp3) is 0.100. The zero-order valence-electron chi connectivity index (χ0n) is 6.82. The second-order valence-corrected chi connectivity index (χ2v) is 2.25. The minimum absolute atomic E-state index is 0.647. The highest BCUT2D eigenvalue weighted by molar-refractivity contribution is 5.57. The van der Waals surface area contributed by atoms with Crippen molar-refractivity contribution in [3.8, 4) is 0 Å². The molecule has 0 saturated carbocycles. The van der Waals surface area contributed by atoms with Gasteiger partial charge in [0.15, 0.2) is 5.69 Å². The van der Waals surface area contributed by atoms with Crippen molar-refractivity contribution in [3.05, 3.63) is 47.5 Å². The molecule has 0 radical (unpaired) electrons. The molecule has 1 rings (SSSR count). The minimum Gasteiger partial charge on any atom is -0.504 e. The van der Waals surface area contributed by atoms with Crippen LogP contribution in [0.25, 0.3) is 10.9 Å². The summed E-state index contributed by atoms with van der Waals surface area (Å²) in [6.07, 6.45) is 3.40. The molecule has 0 aliphatic rings. The van der Waals surface area contributed by atoms with E-state index in [4.69, 9.17) is 11.3 Å². The number of ether oxygens (including phenoxy) is 1. The van der Waals surface area contributed by atoms with Gasteiger partial charge in [0.05, 0.1) is 19.9 Å². The molecular formula is C10H9NO. The maximum absolute atomic E-state index is 6.79. The van der Waals surface area contributed by atoms with Gasteiger partial charge in [-0.05, 0) is 17.7 Å². The Balaban J connectivity index is 2.88. The maximum Gasteiger partial charge on any atom is 0.187 e. The zero-order valence-corrected chi connectivity index (χ0v) is 6.82. The monoisotopic (exact) mass is 159 g/mol. The van der Waals surface area contributed by atoms with Crippen LogP contribution in [-0.4, -0.2) is 7.11 Å². The Morgan fingerprint density at radius 2 is 2.33 bits per heavy atom. The lowest BCUT2D eigenvalue weighted by Gasteiger charge is -1.93. The third kappa shape index (κ3) is 2.14. The first-order valence-corrected chi connectivity index (χ1v) is 3.53. The molecule has 1 aromatic carbocycles. The van der Waals surface area contributed by atoms with Gasteiger partial charge in [-0.25, -0.2) is 4.85 Å². The van der Waals surface area contributed by atoms with Crippen LogP contribution in [0.15, 0.2) is 30.5 Å². The lowest BCUT2D eigenvalue weighted by Crippen LogP contribution is -1.70. The largest absolute Gasteiger partial charge is 0.504 e. The molecule has 0 spiro atoms. The molecule has 0 saturated heterocycles. The molecule has 12 heavy (non-hydrogen) atoms. The summed E-state index contributed by atoms with van der Waals surface area (Å²) in [7, 11) is 1.59. The summed E-state index contributed by atoms with van der Waals surface area (Å²) >= 11 is 0. The third-order valence-electron chi connectivity index (χ3n) is 1.40. The Morgan fingerprint density at radius 3 is 3.00 bits per heavy atom. The van der Waals surface area contributed by atoms with Gasteiger partial charge in [0.1, 0.15) is 0 Å². The molecule has 0 bridgehead atoms. The Kier molecular flexibility index (Phi) is 2.92. The highest BCUT2D eigenvalue weighted by atomic mass is 16.5. The van der Waals surface area contributed by atoms with E-state index in [9.17, 15) is 0 Å². The van der Waals surface area contributed by atoms with Crippen LogP contribution >= 0.6 is 0 Å². The predicted molar refractivity (Wildman–Crippen MR) is 48.7 cm³/mol. The van der Waals surface area contributed by atoms with Gasteiger partial charge < -0.3 is 4.74 Å². The number of nitrogens with zero attached hydrogens (tertiary/aromatic N) is 1. The summed E-state index contributed by atoms with van der Waals surface area (Å²) in [5.74, 6) is 0. The number of benzene rings is 1. The summed E-state index contributed by atoms with van der Waals surface area (Å²) in [5, 5.41) is 0. The predicted octanol–water partition coefficient (Wildman–Crippen LogP) is 2.85. The van der Waals surface area contributed by atoms with Gasteiger partial charge in [0.2, 0.25) is 0 Å². The van der Waals surface area contributed by atoms with Crippen LogP contribution in [0, 0.1) is 6.57 Å². The summed E-state index contributed by atoms with van der Waals surface area (Å²) in [6.45, 7) is 6.79. The van der Waals surface area contributed by atoms with Gasteiger partial charge in [0, 0.05) is 0 Å². The van der Waals surface area contributed by atoms with Crippen molar-refractivity contribution in [1.82, 2.24) is 0 Å². The lowest BCUT2D eigenvalue weighted by atomic mass is 10.2. The number of hydrogen-bond donors (Lipinski definition) is 0. The Hall–Kier alpha value is -1.75. The lowest BCUT2D eigenvalue weighted by molar-refractivity contribution is 0.341. The Labute approximate surface area is 71.9 Å². The zero-order chi connectivity index (χ0) is 8.81. The Bertz CT molecular complexity index is 323. The van der Waals surface area contributed by atoms with Crippen LogP contribution in [0.5, 0.6) is 0 Å². The molecule has 2 heteroatoms. The fourth-order valence-corrected chi connectivity index (χ4v) is 0.845. The molecule has 2 nitrogen and oxygen atoms in total. The van der Waals surface area contributed by atoms with Crippen molar-refractivity contribution in [3.63, 3.8) is 0 Å². The van der Waals surface area contributed by atoms with Gasteiger partial charge >= 0.3 is 0 Å². The molecule has 0 unspecified atom stereocenters. The van der Waals surface area contributed by atoms with E-state index in [-0.39, 0.29) is 0 Å². The maximum atomic E-state index is 6.79. The van der Waals surface area contributed by atoms with Gasteiger partial charge in [-0.3, -0.25) is 0 Å². The fourth-order valence-electron chi connectivity index (χ4n) is 0.845. The smallest absolute Gasteiger partial charge is 0.187 e. The van der Waals surface area contributed by atoms with Gasteiger partial charge in [-0.1, -0.05) is 18.2 Å². The number of rotatable bonds is 2. The van der Waals surface area contributed by atoms with E-state index in [0.717, 1.165) is 5.56 Å². The normalized spacial score (nSPS) is 9.67. The SMILES string of the molecule is [C-]#[N+]c1cccc(C=COC)c1. The summed E-state index contributed by atoms with van der Waals surface area (Å²) in [6, 6.07) is 7.35. The van der Waals surface area contributed by atoms with Gasteiger partial charge in [-0.15, -0.1) is 0 Å². The van der Waals surface area contributed by atoms with Crippen molar-refractivity contribution < 1.29 is 4.74 Å². The summed E-state index contributed by atoms with van der Waals surface area (Å²) in [4.78, 5) is 3.31. The molecule has 0 aromatic heterocycles. The summed E-state index contributed by atoms with van der Waals surface area (Å²) < 4.78 is 4.76. The molecule has 1 aromatic rings. The van der Waals surface area contributed by atoms with E-state index in [1.165, 1.54) is 0 Å². The first-order chi connectivity index (χ1) is 5.86. The van der Waals surface area contributed by atoms with Crippen molar-refractivity contribution in [2.45, 2.75) is 0 Å². The second kappa shape index (κ2) is 4.20. The average Bonchev–Trinajstić information content (AvgIpc) is 2.15. The minimum atomic E-state index is 0.647. The third-order valence-corrected chi connectivity index (χ3v) is 1.40. The van der Waals surface area contributed by atoms with Crippen LogP contribution in [0.4, 0.5) is 5.69 Å². The molecule has 0 fully saturated rings. The molecule has 0 atom stereocenters. The first-order valence-electron chi connectivity index (χ1n) is 3.53. The quantitative estimate of drug-likeness (QED) is 0.478. The molecule has 0 N–H and O–H groups in total. The van der Waals surface area contributed by atoms with Crippen molar-refractivity contribution in [2.24, 2.45) is 0 Å². The van der Waals surface area contributed by atoms with E-state index in [0.29, 0.717) is 5.69 Å². The average molecular weight is 159 g/mol. The van der Waals surface area contributed by atoms with E-state index in [1.807, 2.05) is 24.3 Å². The summed E-state index contributed by atoms with van der Waals surface area (Å²) in [5.41, 5.74) is 1.62. The first kappa shape index (κ1) is 8.35. The highest BCUT2D eigenvalue weighted by Crippen LogP contribution is 2.14. The van der Waals surface area contributed by atoms with Crippen LogP contribution in [0.1, 0.15) is 5.56 Å². The molecular weight excluding hydrogens is 150 g/mol. The molecule has 0 aliphatic carbocycles. The van der Waals surface area contributed by atoms with E-state index in [1.54, 1.807) is 19.4 Å². The highest BCUT2D eigenvalue weighted by Gasteiger charge is 1.89. The van der Waals surface area contributed by atoms with Crippen molar-refractivity contribution in [2.75, 3.05) is 7.11 Å². The van der Waals surface area contributed by atoms with Gasteiger partial charge in [0.25, 0.3) is 0 Å². The van der Waals surface area contributed by atoms with Crippen molar-refractivity contribution in [1.29, 1.82) is 0 Å². The van der Waals surface area contributed by atoms with Crippen LogP contribution < -0.4 is 0 Å². The van der Waals surface area contributed by atoms with E-state index >= 15 is 0 Å². The Morgan fingerprint density at radius 1 is 1.50 bits per heavy atom. The topological polar surface area (TPSA) is 13.6 Å². The molecule has 60 valence electrons. The van der Waals surface area contributed by atoms with Gasteiger partial charge in [-0.2, -0.15) is 0 Å². The number of hydrogen-bond acceptors (Lipinski definition) is 1. The number of methoxy groups -OCH3 is 1. The van der Waals surface area contributed by atoms with E-state index < -0.39 is 0 Å². The van der Waals surface area contributed by atoms with Crippen LogP contribution in [0.3, 0.4) is 0 Å². The molecule has 0 amide bonds. The second-order valence-electron chi connectivity index (χ2n) is 2.25. The van der Waals surface area contributed by atoms with Crippen molar-refractivity contribution >= 4 is 11.8 Å². The standard InChI is InChI=1S/C10H9NO/c1-11-10-5-3-4-9(8-10)6-7-12-2/h3-8H,2H3. The van der Waals surface area contributed by atoms with Crippen LogP contribution in [0.2, 0.25) is 0 Å². The molecule has 0 aliphatic heterocycles. The molecule has 0 heterocycles. The van der Waals surface area contributed by atoms with Crippen LogP contribution in [-0.2, 0) is 4.74 Å².